The standard InChI is InChI=1S/C14H22N2O2/c1-4-12(9-17)16-13(18)14(2,3)10-5-7-11(15)8-6-10/h5-8,12,17H,4,9,15H2,1-3H3,(H,16,18). The summed E-state index contributed by atoms with van der Waals surface area (Å²) in [5.41, 5.74) is 6.58. The maximum atomic E-state index is 12.2. The van der Waals surface area contributed by atoms with Gasteiger partial charge in [0.1, 0.15) is 0 Å². The van der Waals surface area contributed by atoms with Gasteiger partial charge in [-0.05, 0) is 38.0 Å². The molecule has 0 aliphatic rings. The molecule has 1 aromatic rings. The quantitative estimate of drug-likeness (QED) is 0.692. The number of aliphatic hydroxyl groups is 1. The van der Waals surface area contributed by atoms with Crippen LogP contribution in [0.25, 0.3) is 0 Å². The summed E-state index contributed by atoms with van der Waals surface area (Å²) in [4.78, 5) is 12.2. The Morgan fingerprint density at radius 3 is 2.39 bits per heavy atom. The number of nitrogens with two attached hydrogens (primary N) is 1. The van der Waals surface area contributed by atoms with E-state index in [2.05, 4.69) is 5.32 Å². The molecule has 0 aromatic heterocycles. The molecule has 0 saturated heterocycles. The van der Waals surface area contributed by atoms with Gasteiger partial charge in [0.25, 0.3) is 0 Å². The average molecular weight is 250 g/mol. The number of carbonyl (C=O) groups is 1. The molecule has 1 rings (SSSR count). The largest absolute Gasteiger partial charge is 0.399 e. The number of benzene rings is 1. The molecule has 1 unspecified atom stereocenters. The van der Waals surface area contributed by atoms with Crippen molar-refractivity contribution in [3.63, 3.8) is 0 Å². The Morgan fingerprint density at radius 1 is 1.39 bits per heavy atom. The summed E-state index contributed by atoms with van der Waals surface area (Å²) in [6.07, 6.45) is 0.708. The Hall–Kier alpha value is -1.55. The van der Waals surface area contributed by atoms with Crippen molar-refractivity contribution >= 4 is 11.6 Å². The van der Waals surface area contributed by atoms with Crippen LogP contribution < -0.4 is 11.1 Å². The molecular weight excluding hydrogens is 228 g/mol. The zero-order valence-electron chi connectivity index (χ0n) is 11.2. The van der Waals surface area contributed by atoms with Crippen LogP contribution in [0.15, 0.2) is 24.3 Å². The van der Waals surface area contributed by atoms with Crippen LogP contribution in [-0.4, -0.2) is 23.7 Å². The third kappa shape index (κ3) is 3.23. The zero-order chi connectivity index (χ0) is 13.8. The summed E-state index contributed by atoms with van der Waals surface area (Å²) in [7, 11) is 0. The lowest BCUT2D eigenvalue weighted by Gasteiger charge is -2.27. The Labute approximate surface area is 108 Å². The lowest BCUT2D eigenvalue weighted by Crippen LogP contribution is -2.46. The predicted octanol–water partition coefficient (Wildman–Crippen LogP) is 1.43. The molecule has 0 bridgehead atoms. The van der Waals surface area contributed by atoms with Gasteiger partial charge >= 0.3 is 0 Å². The smallest absolute Gasteiger partial charge is 0.230 e. The SMILES string of the molecule is CCC(CO)NC(=O)C(C)(C)c1ccc(N)cc1. The highest BCUT2D eigenvalue weighted by molar-refractivity contribution is 5.87. The molecule has 18 heavy (non-hydrogen) atoms. The van der Waals surface area contributed by atoms with Gasteiger partial charge in [-0.25, -0.2) is 0 Å². The Morgan fingerprint density at radius 2 is 1.94 bits per heavy atom. The number of amides is 1. The van der Waals surface area contributed by atoms with Crippen molar-refractivity contribution in [2.24, 2.45) is 0 Å². The third-order valence-electron chi connectivity index (χ3n) is 3.25. The minimum atomic E-state index is -0.643. The summed E-state index contributed by atoms with van der Waals surface area (Å²) in [6, 6.07) is 7.09. The monoisotopic (exact) mass is 250 g/mol. The van der Waals surface area contributed by atoms with Crippen molar-refractivity contribution in [3.05, 3.63) is 29.8 Å². The van der Waals surface area contributed by atoms with Gasteiger partial charge in [0.05, 0.1) is 18.1 Å². The van der Waals surface area contributed by atoms with Gasteiger partial charge in [-0.15, -0.1) is 0 Å². The van der Waals surface area contributed by atoms with Crippen LogP contribution >= 0.6 is 0 Å². The van der Waals surface area contributed by atoms with Gasteiger partial charge in [0.15, 0.2) is 0 Å². The molecule has 0 heterocycles. The first-order chi connectivity index (χ1) is 8.41. The van der Waals surface area contributed by atoms with Gasteiger partial charge in [0.2, 0.25) is 5.91 Å². The van der Waals surface area contributed by atoms with E-state index >= 15 is 0 Å². The molecule has 0 fully saturated rings. The normalized spacial score (nSPS) is 13.1. The highest BCUT2D eigenvalue weighted by Crippen LogP contribution is 2.24. The van der Waals surface area contributed by atoms with E-state index in [1.807, 2.05) is 32.9 Å². The van der Waals surface area contributed by atoms with Crippen LogP contribution in [0, 0.1) is 0 Å². The Balaban J connectivity index is 2.85. The van der Waals surface area contributed by atoms with E-state index < -0.39 is 5.41 Å². The fourth-order valence-electron chi connectivity index (χ4n) is 1.67. The van der Waals surface area contributed by atoms with Gasteiger partial charge in [-0.3, -0.25) is 4.79 Å². The Kier molecular flexibility index (Phi) is 4.73. The molecule has 1 amide bonds. The molecule has 0 radical (unpaired) electrons. The van der Waals surface area contributed by atoms with E-state index in [0.717, 1.165) is 5.56 Å². The predicted molar refractivity (Wildman–Crippen MR) is 73.2 cm³/mol. The fourth-order valence-corrected chi connectivity index (χ4v) is 1.67. The van der Waals surface area contributed by atoms with Gasteiger partial charge in [-0.1, -0.05) is 19.1 Å². The first-order valence-electron chi connectivity index (χ1n) is 6.19. The molecule has 4 N–H and O–H groups in total. The molecule has 1 atom stereocenters. The number of hydrogen-bond acceptors (Lipinski definition) is 3. The van der Waals surface area contributed by atoms with Crippen LogP contribution in [0.2, 0.25) is 0 Å². The van der Waals surface area contributed by atoms with Crippen LogP contribution in [0.1, 0.15) is 32.8 Å². The first-order valence-corrected chi connectivity index (χ1v) is 6.19. The second kappa shape index (κ2) is 5.87. The van der Waals surface area contributed by atoms with Crippen molar-refractivity contribution in [2.75, 3.05) is 12.3 Å². The number of hydrogen-bond donors (Lipinski definition) is 3. The molecule has 1 aromatic carbocycles. The second-order valence-electron chi connectivity index (χ2n) is 5.01. The van der Waals surface area contributed by atoms with Crippen molar-refractivity contribution < 1.29 is 9.90 Å². The molecule has 0 spiro atoms. The minimum Gasteiger partial charge on any atom is -0.399 e. The fraction of sp³-hybridized carbons (Fsp3) is 0.500. The maximum absolute atomic E-state index is 12.2. The van der Waals surface area contributed by atoms with E-state index in [0.29, 0.717) is 12.1 Å². The van der Waals surface area contributed by atoms with E-state index in [4.69, 9.17) is 10.8 Å². The molecular formula is C14H22N2O2. The molecule has 0 saturated carbocycles. The van der Waals surface area contributed by atoms with E-state index in [1.165, 1.54) is 0 Å². The molecule has 0 aliphatic heterocycles. The molecule has 0 aliphatic carbocycles. The van der Waals surface area contributed by atoms with Crippen LogP contribution in [-0.2, 0) is 10.2 Å². The molecule has 4 nitrogen and oxygen atoms in total. The van der Waals surface area contributed by atoms with Crippen molar-refractivity contribution in [3.8, 4) is 0 Å². The van der Waals surface area contributed by atoms with Gasteiger partial charge in [-0.2, -0.15) is 0 Å². The molecule has 100 valence electrons. The van der Waals surface area contributed by atoms with Crippen LogP contribution in [0.3, 0.4) is 0 Å². The lowest BCUT2D eigenvalue weighted by molar-refractivity contribution is -0.126. The first kappa shape index (κ1) is 14.5. The summed E-state index contributed by atoms with van der Waals surface area (Å²) >= 11 is 0. The number of nitrogen functional groups attached to an aromatic ring is 1. The van der Waals surface area contributed by atoms with E-state index in [-0.39, 0.29) is 18.6 Å². The van der Waals surface area contributed by atoms with Gasteiger partial charge in [0, 0.05) is 5.69 Å². The summed E-state index contributed by atoms with van der Waals surface area (Å²) in [5, 5.41) is 12.0. The molecule has 4 heteroatoms. The number of aliphatic hydroxyl groups excluding tert-OH is 1. The van der Waals surface area contributed by atoms with Crippen LogP contribution in [0.5, 0.6) is 0 Å². The highest BCUT2D eigenvalue weighted by atomic mass is 16.3. The van der Waals surface area contributed by atoms with E-state index in [9.17, 15) is 4.79 Å². The van der Waals surface area contributed by atoms with Gasteiger partial charge < -0.3 is 16.2 Å². The number of rotatable bonds is 5. The van der Waals surface area contributed by atoms with E-state index in [1.54, 1.807) is 12.1 Å². The minimum absolute atomic E-state index is 0.0416. The topological polar surface area (TPSA) is 75.3 Å². The number of nitrogens with one attached hydrogen (secondary N) is 1. The van der Waals surface area contributed by atoms with Crippen LogP contribution in [0.4, 0.5) is 5.69 Å². The zero-order valence-corrected chi connectivity index (χ0v) is 11.2. The summed E-state index contributed by atoms with van der Waals surface area (Å²) < 4.78 is 0. The lowest BCUT2D eigenvalue weighted by atomic mass is 9.83. The average Bonchev–Trinajstić information content (AvgIpc) is 2.36. The third-order valence-corrected chi connectivity index (χ3v) is 3.25. The number of anilines is 1. The van der Waals surface area contributed by atoms with Crippen molar-refractivity contribution in [1.29, 1.82) is 0 Å². The summed E-state index contributed by atoms with van der Waals surface area (Å²) in [5.74, 6) is -0.0897. The number of carbonyl (C=O) groups excluding carboxylic acids is 1. The Bertz CT molecular complexity index is 395. The van der Waals surface area contributed by atoms with Crippen molar-refractivity contribution in [2.45, 2.75) is 38.6 Å². The maximum Gasteiger partial charge on any atom is 0.230 e. The summed E-state index contributed by atoms with van der Waals surface area (Å²) in [6.45, 7) is 5.60. The second-order valence-corrected chi connectivity index (χ2v) is 5.01. The highest BCUT2D eigenvalue weighted by Gasteiger charge is 2.30. The van der Waals surface area contributed by atoms with Crippen molar-refractivity contribution in [1.82, 2.24) is 5.32 Å².